The molecular weight excluding hydrogens is 318 g/mol. The second-order valence-corrected chi connectivity index (χ2v) is 5.49. The van der Waals surface area contributed by atoms with Gasteiger partial charge in [-0.05, 0) is 5.56 Å². The summed E-state index contributed by atoms with van der Waals surface area (Å²) < 4.78 is 5.56. The maximum Gasteiger partial charge on any atom is 0.224 e. The number of ether oxygens (including phenoxy) is 1. The summed E-state index contributed by atoms with van der Waals surface area (Å²) in [7, 11) is 0. The molecule has 2 amide bonds. The van der Waals surface area contributed by atoms with Crippen LogP contribution in [0.15, 0.2) is 30.3 Å². The molecule has 23 heavy (non-hydrogen) atoms. The molecule has 7 heteroatoms. The number of hydrogen-bond acceptors (Lipinski definition) is 4. The minimum Gasteiger partial charge on any atom is -0.373 e. The summed E-state index contributed by atoms with van der Waals surface area (Å²) in [4.78, 5) is 25.1. The van der Waals surface area contributed by atoms with Gasteiger partial charge in [-0.3, -0.25) is 9.59 Å². The van der Waals surface area contributed by atoms with E-state index in [0.29, 0.717) is 26.2 Å². The van der Waals surface area contributed by atoms with Crippen LogP contribution in [0.1, 0.15) is 24.9 Å². The maximum absolute atomic E-state index is 12.4. The van der Waals surface area contributed by atoms with Crippen LogP contribution in [-0.2, 0) is 14.3 Å². The average molecular weight is 342 g/mol. The standard InChI is InChI=1S/C16H23N3O3.ClH/c1-12(20)18-10-14-11-19(7-8-22-14)16(21)9-15(17)13-5-3-2-4-6-13;/h2-6,14-15H,7-11,17H2,1H3,(H,18,20);1H. The zero-order chi connectivity index (χ0) is 15.9. The van der Waals surface area contributed by atoms with Crippen LogP contribution in [0.4, 0.5) is 0 Å². The fraction of sp³-hybridized carbons (Fsp3) is 0.500. The molecule has 1 fully saturated rings. The number of nitrogens with zero attached hydrogens (tertiary/aromatic N) is 1. The molecule has 6 nitrogen and oxygen atoms in total. The van der Waals surface area contributed by atoms with Gasteiger partial charge in [0.05, 0.1) is 12.7 Å². The Kier molecular flexibility index (Phi) is 8.02. The molecule has 1 heterocycles. The van der Waals surface area contributed by atoms with Gasteiger partial charge in [0, 0.05) is 39.0 Å². The third kappa shape index (κ3) is 6.17. The number of carbonyl (C=O) groups is 2. The SMILES string of the molecule is CC(=O)NCC1CN(C(=O)CC(N)c2ccccc2)CCO1.Cl. The zero-order valence-electron chi connectivity index (χ0n) is 13.2. The van der Waals surface area contributed by atoms with Crippen LogP contribution in [0, 0.1) is 0 Å². The van der Waals surface area contributed by atoms with Crippen LogP contribution in [0.5, 0.6) is 0 Å². The van der Waals surface area contributed by atoms with Gasteiger partial charge in [0.15, 0.2) is 0 Å². The summed E-state index contributed by atoms with van der Waals surface area (Å²) in [6, 6.07) is 9.31. The topological polar surface area (TPSA) is 84.7 Å². The fourth-order valence-electron chi connectivity index (χ4n) is 2.46. The quantitative estimate of drug-likeness (QED) is 0.832. The van der Waals surface area contributed by atoms with E-state index >= 15 is 0 Å². The van der Waals surface area contributed by atoms with Gasteiger partial charge in [-0.25, -0.2) is 0 Å². The van der Waals surface area contributed by atoms with Crippen LogP contribution in [-0.4, -0.2) is 49.1 Å². The molecular formula is C16H24ClN3O3. The highest BCUT2D eigenvalue weighted by Gasteiger charge is 2.25. The van der Waals surface area contributed by atoms with Gasteiger partial charge in [-0.2, -0.15) is 0 Å². The Morgan fingerprint density at radius 3 is 2.74 bits per heavy atom. The van der Waals surface area contributed by atoms with E-state index in [0.717, 1.165) is 5.56 Å². The minimum absolute atomic E-state index is 0. The molecule has 128 valence electrons. The Morgan fingerprint density at radius 2 is 2.09 bits per heavy atom. The molecule has 0 saturated carbocycles. The van der Waals surface area contributed by atoms with E-state index in [1.54, 1.807) is 4.90 Å². The largest absolute Gasteiger partial charge is 0.373 e. The van der Waals surface area contributed by atoms with Gasteiger partial charge in [0.25, 0.3) is 0 Å². The molecule has 1 saturated heterocycles. The van der Waals surface area contributed by atoms with E-state index < -0.39 is 0 Å². The maximum atomic E-state index is 12.4. The third-order valence-corrected chi connectivity index (χ3v) is 3.69. The average Bonchev–Trinajstić information content (AvgIpc) is 2.54. The van der Waals surface area contributed by atoms with Gasteiger partial charge >= 0.3 is 0 Å². The number of morpholine rings is 1. The first kappa shape index (κ1) is 19.4. The van der Waals surface area contributed by atoms with Gasteiger partial charge in [-0.1, -0.05) is 30.3 Å². The Hall–Kier alpha value is -1.63. The zero-order valence-corrected chi connectivity index (χ0v) is 14.1. The summed E-state index contributed by atoms with van der Waals surface area (Å²) in [5.74, 6) is -0.0781. The lowest BCUT2D eigenvalue weighted by Crippen LogP contribution is -2.49. The van der Waals surface area contributed by atoms with Gasteiger partial charge in [-0.15, -0.1) is 12.4 Å². The highest BCUT2D eigenvalue weighted by molar-refractivity contribution is 5.85. The second kappa shape index (κ2) is 9.50. The van der Waals surface area contributed by atoms with E-state index in [9.17, 15) is 9.59 Å². The number of amides is 2. The normalized spacial score (nSPS) is 18.7. The third-order valence-electron chi connectivity index (χ3n) is 3.69. The van der Waals surface area contributed by atoms with Crippen molar-refractivity contribution in [3.05, 3.63) is 35.9 Å². The smallest absolute Gasteiger partial charge is 0.224 e. The molecule has 1 aliphatic heterocycles. The van der Waals surface area contributed by atoms with Crippen molar-refractivity contribution in [3.63, 3.8) is 0 Å². The van der Waals surface area contributed by atoms with Crippen LogP contribution in [0.2, 0.25) is 0 Å². The lowest BCUT2D eigenvalue weighted by Gasteiger charge is -2.33. The molecule has 2 rings (SSSR count). The van der Waals surface area contributed by atoms with Crippen molar-refractivity contribution in [2.24, 2.45) is 5.73 Å². The molecule has 0 spiro atoms. The monoisotopic (exact) mass is 341 g/mol. The van der Waals surface area contributed by atoms with Crippen LogP contribution >= 0.6 is 12.4 Å². The number of nitrogens with two attached hydrogens (primary N) is 1. The van der Waals surface area contributed by atoms with Gasteiger partial charge in [0.2, 0.25) is 11.8 Å². The molecule has 1 aromatic rings. The van der Waals surface area contributed by atoms with Crippen molar-refractivity contribution in [3.8, 4) is 0 Å². The first-order chi connectivity index (χ1) is 10.6. The first-order valence-electron chi connectivity index (χ1n) is 7.50. The number of nitrogens with one attached hydrogen (secondary N) is 1. The molecule has 3 N–H and O–H groups in total. The summed E-state index contributed by atoms with van der Waals surface area (Å²) in [5, 5.41) is 2.71. The van der Waals surface area contributed by atoms with Crippen molar-refractivity contribution < 1.29 is 14.3 Å². The molecule has 1 aromatic carbocycles. The van der Waals surface area contributed by atoms with Gasteiger partial charge in [0.1, 0.15) is 0 Å². The van der Waals surface area contributed by atoms with E-state index in [4.69, 9.17) is 10.5 Å². The van der Waals surface area contributed by atoms with Crippen molar-refractivity contribution >= 4 is 24.2 Å². The molecule has 0 bridgehead atoms. The summed E-state index contributed by atoms with van der Waals surface area (Å²) in [6.45, 7) is 3.42. The predicted octanol–water partition coefficient (Wildman–Crippen LogP) is 0.862. The van der Waals surface area contributed by atoms with Crippen LogP contribution in [0.3, 0.4) is 0 Å². The lowest BCUT2D eigenvalue weighted by atomic mass is 10.0. The summed E-state index contributed by atoms with van der Waals surface area (Å²) in [6.07, 6.45) is 0.117. The van der Waals surface area contributed by atoms with Crippen LogP contribution in [0.25, 0.3) is 0 Å². The summed E-state index contributed by atoms with van der Waals surface area (Å²) in [5.41, 5.74) is 7.06. The second-order valence-electron chi connectivity index (χ2n) is 5.49. The summed E-state index contributed by atoms with van der Waals surface area (Å²) >= 11 is 0. The number of hydrogen-bond donors (Lipinski definition) is 2. The fourth-order valence-corrected chi connectivity index (χ4v) is 2.46. The van der Waals surface area contributed by atoms with E-state index in [2.05, 4.69) is 5.32 Å². The Morgan fingerprint density at radius 1 is 1.39 bits per heavy atom. The molecule has 0 aromatic heterocycles. The van der Waals surface area contributed by atoms with Crippen molar-refractivity contribution in [2.45, 2.75) is 25.5 Å². The van der Waals surface area contributed by atoms with E-state index in [-0.39, 0.29) is 42.8 Å². The highest BCUT2D eigenvalue weighted by Crippen LogP contribution is 2.16. The van der Waals surface area contributed by atoms with Gasteiger partial charge < -0.3 is 20.7 Å². The number of halogens is 1. The number of benzene rings is 1. The highest BCUT2D eigenvalue weighted by atomic mass is 35.5. The van der Waals surface area contributed by atoms with Crippen molar-refractivity contribution in [1.29, 1.82) is 0 Å². The Balaban J connectivity index is 0.00000264. The Labute approximate surface area is 142 Å². The first-order valence-corrected chi connectivity index (χ1v) is 7.50. The number of rotatable bonds is 5. The Bertz CT molecular complexity index is 513. The minimum atomic E-state index is -0.301. The predicted molar refractivity (Wildman–Crippen MR) is 90.2 cm³/mol. The van der Waals surface area contributed by atoms with E-state index in [1.165, 1.54) is 6.92 Å². The molecule has 0 radical (unpaired) electrons. The molecule has 1 aliphatic rings. The molecule has 2 atom stereocenters. The van der Waals surface area contributed by atoms with Crippen LogP contribution < -0.4 is 11.1 Å². The lowest BCUT2D eigenvalue weighted by molar-refractivity contribution is -0.139. The van der Waals surface area contributed by atoms with Crippen molar-refractivity contribution in [2.75, 3.05) is 26.2 Å². The van der Waals surface area contributed by atoms with E-state index in [1.807, 2.05) is 30.3 Å². The molecule has 2 unspecified atom stereocenters. The van der Waals surface area contributed by atoms with Crippen molar-refractivity contribution in [1.82, 2.24) is 10.2 Å². The molecule has 0 aliphatic carbocycles. The number of carbonyl (C=O) groups excluding carboxylic acids is 2.